The molecule has 7 aromatic rings. The van der Waals surface area contributed by atoms with Crippen LogP contribution in [0.1, 0.15) is 26.3 Å². The van der Waals surface area contributed by atoms with Crippen molar-refractivity contribution in [3.63, 3.8) is 0 Å². The minimum atomic E-state index is -0.000637. The van der Waals surface area contributed by atoms with Crippen molar-refractivity contribution in [2.75, 3.05) is 0 Å². The average Bonchev–Trinajstić information content (AvgIpc) is 3.35. The van der Waals surface area contributed by atoms with E-state index in [-0.39, 0.29) is 26.5 Å². The molecular formula is C38H29N3OPt. The van der Waals surface area contributed by atoms with Gasteiger partial charge >= 0.3 is 21.1 Å². The van der Waals surface area contributed by atoms with E-state index in [1.54, 1.807) is 6.20 Å². The molecule has 0 N–H and O–H groups in total. The molecule has 0 bridgehead atoms. The summed E-state index contributed by atoms with van der Waals surface area (Å²) in [5.41, 5.74) is 7.04. The van der Waals surface area contributed by atoms with Crippen LogP contribution in [0.25, 0.3) is 50.0 Å². The van der Waals surface area contributed by atoms with E-state index in [9.17, 15) is 0 Å². The van der Waals surface area contributed by atoms with Gasteiger partial charge in [0, 0.05) is 29.4 Å². The van der Waals surface area contributed by atoms with Crippen molar-refractivity contribution in [1.29, 1.82) is 0 Å². The van der Waals surface area contributed by atoms with Crippen LogP contribution in [0, 0.1) is 12.1 Å². The van der Waals surface area contributed by atoms with Crippen LogP contribution in [0.5, 0.6) is 11.5 Å². The van der Waals surface area contributed by atoms with Gasteiger partial charge in [-0.3, -0.25) is 0 Å². The van der Waals surface area contributed by atoms with Gasteiger partial charge in [0.2, 0.25) is 0 Å². The zero-order valence-corrected chi connectivity index (χ0v) is 26.4. The second-order valence-corrected chi connectivity index (χ2v) is 11.4. The summed E-state index contributed by atoms with van der Waals surface area (Å²) in [6, 6.07) is 44.0. The molecule has 7 rings (SSSR count). The minimum Gasteiger partial charge on any atom is -0.503 e. The second-order valence-electron chi connectivity index (χ2n) is 11.4. The number of benzene rings is 4. The molecule has 0 saturated carbocycles. The molecule has 3 aromatic heterocycles. The number of aromatic nitrogens is 3. The summed E-state index contributed by atoms with van der Waals surface area (Å²) in [4.78, 5) is 9.35. The zero-order chi connectivity index (χ0) is 28.7. The maximum absolute atomic E-state index is 6.50. The second kappa shape index (κ2) is 11.6. The number of rotatable bonds is 5. The summed E-state index contributed by atoms with van der Waals surface area (Å²) in [5.74, 6) is 2.06. The fraction of sp³-hybridized carbons (Fsp3) is 0.105. The summed E-state index contributed by atoms with van der Waals surface area (Å²) in [7, 11) is 0. The first-order valence-electron chi connectivity index (χ1n) is 14.1. The molecule has 43 heavy (non-hydrogen) atoms. The van der Waals surface area contributed by atoms with Gasteiger partial charge in [-0.2, -0.15) is 6.07 Å². The quantitative estimate of drug-likeness (QED) is 0.165. The predicted octanol–water partition coefficient (Wildman–Crippen LogP) is 9.60. The van der Waals surface area contributed by atoms with E-state index in [0.717, 1.165) is 50.0 Å². The van der Waals surface area contributed by atoms with Crippen molar-refractivity contribution in [3.05, 3.63) is 139 Å². The summed E-state index contributed by atoms with van der Waals surface area (Å²) < 4.78 is 8.68. The average molecular weight is 739 g/mol. The van der Waals surface area contributed by atoms with Crippen LogP contribution in [-0.4, -0.2) is 14.5 Å². The maximum atomic E-state index is 6.50. The zero-order valence-electron chi connectivity index (χ0n) is 24.1. The van der Waals surface area contributed by atoms with Gasteiger partial charge in [0.15, 0.2) is 0 Å². The van der Waals surface area contributed by atoms with E-state index in [1.807, 2.05) is 54.7 Å². The molecule has 212 valence electrons. The Labute approximate surface area is 266 Å². The smallest absolute Gasteiger partial charge is 0.503 e. The van der Waals surface area contributed by atoms with Gasteiger partial charge in [0.1, 0.15) is 5.82 Å². The molecule has 0 radical (unpaired) electrons. The number of para-hydroxylation sites is 1. The van der Waals surface area contributed by atoms with Crippen molar-refractivity contribution < 1.29 is 25.8 Å². The summed E-state index contributed by atoms with van der Waals surface area (Å²) in [6.07, 6.45) is 3.68. The summed E-state index contributed by atoms with van der Waals surface area (Å²) >= 11 is 0. The molecular weight excluding hydrogens is 710 g/mol. The van der Waals surface area contributed by atoms with Crippen molar-refractivity contribution in [2.45, 2.75) is 26.2 Å². The molecule has 0 unspecified atom stereocenters. The Morgan fingerprint density at radius 2 is 1.44 bits per heavy atom. The number of hydrogen-bond acceptors (Lipinski definition) is 3. The van der Waals surface area contributed by atoms with Gasteiger partial charge in [-0.25, -0.2) is 4.98 Å². The van der Waals surface area contributed by atoms with Crippen LogP contribution >= 0.6 is 0 Å². The van der Waals surface area contributed by atoms with Gasteiger partial charge in [-0.15, -0.1) is 29.1 Å². The number of hydrogen-bond donors (Lipinski definition) is 0. The van der Waals surface area contributed by atoms with E-state index >= 15 is 0 Å². The molecule has 0 fully saturated rings. The molecule has 0 atom stereocenters. The fourth-order valence-corrected chi connectivity index (χ4v) is 5.35. The normalized spacial score (nSPS) is 11.4. The van der Waals surface area contributed by atoms with Crippen LogP contribution in [0.3, 0.4) is 0 Å². The Morgan fingerprint density at radius 3 is 2.23 bits per heavy atom. The molecule has 0 aliphatic heterocycles. The van der Waals surface area contributed by atoms with Crippen LogP contribution < -0.4 is 4.74 Å². The van der Waals surface area contributed by atoms with Gasteiger partial charge in [0.25, 0.3) is 0 Å². The Balaban J connectivity index is 0.00000329. The van der Waals surface area contributed by atoms with Crippen LogP contribution in [0.2, 0.25) is 0 Å². The first kappa shape index (κ1) is 28.6. The molecule has 0 amide bonds. The van der Waals surface area contributed by atoms with E-state index < -0.39 is 0 Å². The molecule has 3 heterocycles. The molecule has 0 aliphatic rings. The van der Waals surface area contributed by atoms with Gasteiger partial charge in [0.05, 0.1) is 0 Å². The molecule has 0 spiro atoms. The van der Waals surface area contributed by atoms with E-state index in [1.165, 1.54) is 5.56 Å². The number of nitrogens with zero attached hydrogens (tertiary/aromatic N) is 3. The first-order chi connectivity index (χ1) is 20.4. The predicted molar refractivity (Wildman–Crippen MR) is 170 cm³/mol. The molecule has 5 heteroatoms. The standard InChI is InChI=1S/C38H29N3O.Pt/c1-38(2,3)29-18-20-40-37(24-29)41-35-15-8-7-13-32(35)33-17-16-30(25-36(33)41)42-31-22-27(26-11-5-4-6-12-26)21-28(23-31)34-14-9-10-19-39-34;/h4-22,24H,1-3H3;/q-2;+2. The minimum absolute atomic E-state index is 0. The van der Waals surface area contributed by atoms with Crippen LogP contribution in [0.15, 0.2) is 122 Å². The van der Waals surface area contributed by atoms with Crippen molar-refractivity contribution in [3.8, 4) is 39.7 Å². The Morgan fingerprint density at radius 1 is 0.651 bits per heavy atom. The first-order valence-corrected chi connectivity index (χ1v) is 14.1. The Bertz CT molecular complexity index is 1990. The molecule has 0 saturated heterocycles. The number of fused-ring (bicyclic) bond motifs is 3. The van der Waals surface area contributed by atoms with Crippen LogP contribution in [0.4, 0.5) is 0 Å². The molecule has 0 aliphatic carbocycles. The third kappa shape index (κ3) is 5.63. The van der Waals surface area contributed by atoms with Gasteiger partial charge in [-0.05, 0) is 51.9 Å². The topological polar surface area (TPSA) is 39.9 Å². The molecule has 4 aromatic carbocycles. The van der Waals surface area contributed by atoms with Crippen molar-refractivity contribution in [2.24, 2.45) is 0 Å². The fourth-order valence-electron chi connectivity index (χ4n) is 5.35. The largest absolute Gasteiger partial charge is 2.00 e. The maximum Gasteiger partial charge on any atom is 2.00 e. The molecule has 4 nitrogen and oxygen atoms in total. The van der Waals surface area contributed by atoms with E-state index in [4.69, 9.17) is 9.72 Å². The van der Waals surface area contributed by atoms with Gasteiger partial charge in [-0.1, -0.05) is 105 Å². The van der Waals surface area contributed by atoms with E-state index in [0.29, 0.717) is 11.5 Å². The van der Waals surface area contributed by atoms with Crippen molar-refractivity contribution in [1.82, 2.24) is 14.5 Å². The third-order valence-electron chi connectivity index (χ3n) is 7.51. The summed E-state index contributed by atoms with van der Waals surface area (Å²) in [5, 5.41) is 2.24. The van der Waals surface area contributed by atoms with Gasteiger partial charge < -0.3 is 14.3 Å². The summed E-state index contributed by atoms with van der Waals surface area (Å²) in [6.45, 7) is 6.65. The van der Waals surface area contributed by atoms with E-state index in [2.05, 4.69) is 103 Å². The Kier molecular flexibility index (Phi) is 7.73. The Hall–Kier alpha value is -4.53. The van der Waals surface area contributed by atoms with Crippen LogP contribution in [-0.2, 0) is 26.5 Å². The SMILES string of the molecule is CC(C)(C)c1ccnc(-n2c3[c-]c(Oc4[c-]c(-c5ccccn5)cc(-c5ccccc5)c4)ccc3c3ccccc32)c1.[Pt+2]. The van der Waals surface area contributed by atoms with Crippen molar-refractivity contribution >= 4 is 21.8 Å². The number of ether oxygens (including phenoxy) is 1. The monoisotopic (exact) mass is 738 g/mol. The third-order valence-corrected chi connectivity index (χ3v) is 7.51. The number of pyridine rings is 2.